The number of nitrogens with zero attached hydrogens (tertiary/aromatic N) is 4. The van der Waals surface area contributed by atoms with Crippen LogP contribution in [0.5, 0.6) is 0 Å². The van der Waals surface area contributed by atoms with Crippen molar-refractivity contribution in [2.75, 3.05) is 23.3 Å². The lowest BCUT2D eigenvalue weighted by atomic mass is 10.0. The molecule has 2 aromatic heterocycles. The largest absolute Gasteiger partial charge is 0.341 e. The number of aromatic nitrogens is 3. The minimum atomic E-state index is -0.143. The van der Waals surface area contributed by atoms with Gasteiger partial charge in [-0.2, -0.15) is 4.98 Å². The van der Waals surface area contributed by atoms with E-state index in [4.69, 9.17) is 23.2 Å². The molecule has 4 rings (SSSR count). The quantitative estimate of drug-likeness (QED) is 0.565. The maximum Gasteiger partial charge on any atom is 0.227 e. The highest BCUT2D eigenvalue weighted by Gasteiger charge is 2.18. The first kappa shape index (κ1) is 19.6. The number of halogens is 2. The van der Waals surface area contributed by atoms with Gasteiger partial charge < -0.3 is 10.2 Å². The van der Waals surface area contributed by atoms with Gasteiger partial charge in [-0.1, -0.05) is 29.3 Å². The number of aryl methyl sites for hydroxylation is 1. The lowest BCUT2D eigenvalue weighted by molar-refractivity contribution is 0.0993. The van der Waals surface area contributed by atoms with Crippen LogP contribution in [0.4, 0.5) is 17.6 Å². The van der Waals surface area contributed by atoms with E-state index >= 15 is 0 Å². The summed E-state index contributed by atoms with van der Waals surface area (Å²) in [5.74, 6) is 1.85. The fraction of sp³-hybridized carbons (Fsp3) is 0.238. The van der Waals surface area contributed by atoms with Gasteiger partial charge in [0, 0.05) is 37.5 Å². The summed E-state index contributed by atoms with van der Waals surface area (Å²) in [7, 11) is 0. The second-order valence-corrected chi connectivity index (χ2v) is 7.72. The first-order valence-corrected chi connectivity index (χ1v) is 10.0. The Morgan fingerprint density at radius 2 is 1.86 bits per heavy atom. The Bertz CT molecular complexity index is 1050. The monoisotopic (exact) mass is 427 g/mol. The molecule has 0 spiro atoms. The van der Waals surface area contributed by atoms with Gasteiger partial charge in [0.05, 0.1) is 15.6 Å². The number of Topliss-reactive ketones (excluding diaryl/α,β-unsaturated/α-hetero) is 1. The topological polar surface area (TPSA) is 71.0 Å². The van der Waals surface area contributed by atoms with Crippen LogP contribution in [0.15, 0.2) is 42.6 Å². The fourth-order valence-electron chi connectivity index (χ4n) is 3.10. The van der Waals surface area contributed by atoms with Crippen molar-refractivity contribution >= 4 is 46.6 Å². The number of rotatable bonds is 6. The Kier molecular flexibility index (Phi) is 5.65. The molecule has 1 N–H and O–H groups in total. The van der Waals surface area contributed by atoms with E-state index in [1.54, 1.807) is 30.5 Å². The number of pyridine rings is 1. The van der Waals surface area contributed by atoms with Gasteiger partial charge in [-0.25, -0.2) is 9.97 Å². The van der Waals surface area contributed by atoms with Crippen LogP contribution in [-0.2, 0) is 6.42 Å². The van der Waals surface area contributed by atoms with Crippen LogP contribution < -0.4 is 10.2 Å². The highest BCUT2D eigenvalue weighted by molar-refractivity contribution is 6.39. The van der Waals surface area contributed by atoms with E-state index in [0.29, 0.717) is 27.2 Å². The SMILES string of the molecule is Cc1cc(Nc2cc(CC(=O)c3c(Cl)cccc3Cl)ccn2)nc(N2CCC2)n1. The molecule has 0 atom stereocenters. The summed E-state index contributed by atoms with van der Waals surface area (Å²) in [6.45, 7) is 3.89. The van der Waals surface area contributed by atoms with E-state index < -0.39 is 0 Å². The zero-order valence-electron chi connectivity index (χ0n) is 15.8. The van der Waals surface area contributed by atoms with Crippen molar-refractivity contribution in [3.63, 3.8) is 0 Å². The number of carbonyl (C=O) groups is 1. The van der Waals surface area contributed by atoms with Crippen LogP contribution in [0.3, 0.4) is 0 Å². The van der Waals surface area contributed by atoms with Gasteiger partial charge >= 0.3 is 0 Å². The molecule has 0 bridgehead atoms. The number of ketones is 1. The number of carbonyl (C=O) groups excluding carboxylic acids is 1. The molecule has 8 heteroatoms. The molecular weight excluding hydrogens is 409 g/mol. The molecule has 0 radical (unpaired) electrons. The van der Waals surface area contributed by atoms with Crippen molar-refractivity contribution in [3.8, 4) is 0 Å². The van der Waals surface area contributed by atoms with E-state index in [9.17, 15) is 4.79 Å². The molecule has 3 aromatic rings. The van der Waals surface area contributed by atoms with Crippen LogP contribution in [0, 0.1) is 6.92 Å². The molecule has 1 fully saturated rings. The van der Waals surface area contributed by atoms with E-state index in [2.05, 4.69) is 25.2 Å². The number of anilines is 3. The smallest absolute Gasteiger partial charge is 0.227 e. The number of hydrogen-bond donors (Lipinski definition) is 1. The fourth-order valence-corrected chi connectivity index (χ4v) is 3.70. The van der Waals surface area contributed by atoms with Gasteiger partial charge in [0.15, 0.2) is 5.78 Å². The molecule has 1 saturated heterocycles. The molecule has 6 nitrogen and oxygen atoms in total. The molecule has 0 unspecified atom stereocenters. The lowest BCUT2D eigenvalue weighted by Crippen LogP contribution is -2.38. The Morgan fingerprint density at radius 1 is 1.10 bits per heavy atom. The highest BCUT2D eigenvalue weighted by Crippen LogP contribution is 2.26. The van der Waals surface area contributed by atoms with Gasteiger partial charge in [-0.05, 0) is 43.2 Å². The maximum atomic E-state index is 12.7. The second kappa shape index (κ2) is 8.35. The summed E-state index contributed by atoms with van der Waals surface area (Å²) < 4.78 is 0. The summed E-state index contributed by atoms with van der Waals surface area (Å²) in [4.78, 5) is 28.2. The average molecular weight is 428 g/mol. The van der Waals surface area contributed by atoms with Gasteiger partial charge in [-0.3, -0.25) is 4.79 Å². The van der Waals surface area contributed by atoms with Crippen LogP contribution in [0.25, 0.3) is 0 Å². The summed E-state index contributed by atoms with van der Waals surface area (Å²) in [5.41, 5.74) is 2.02. The van der Waals surface area contributed by atoms with Crippen LogP contribution in [0.2, 0.25) is 10.0 Å². The Labute approximate surface area is 178 Å². The highest BCUT2D eigenvalue weighted by atomic mass is 35.5. The Balaban J connectivity index is 1.52. The van der Waals surface area contributed by atoms with E-state index in [1.165, 1.54) is 0 Å². The number of nitrogens with one attached hydrogen (secondary N) is 1. The summed E-state index contributed by atoms with van der Waals surface area (Å²) >= 11 is 12.3. The van der Waals surface area contributed by atoms with Crippen molar-refractivity contribution < 1.29 is 4.79 Å². The third-order valence-electron chi connectivity index (χ3n) is 4.67. The van der Waals surface area contributed by atoms with Crippen LogP contribution >= 0.6 is 23.2 Å². The third kappa shape index (κ3) is 4.49. The van der Waals surface area contributed by atoms with Crippen molar-refractivity contribution in [1.82, 2.24) is 15.0 Å². The predicted molar refractivity (Wildman–Crippen MR) is 116 cm³/mol. The predicted octanol–water partition coefficient (Wildman–Crippen LogP) is 4.87. The minimum absolute atomic E-state index is 0.143. The molecule has 1 aliphatic heterocycles. The van der Waals surface area contributed by atoms with Gasteiger partial charge in [0.2, 0.25) is 5.95 Å². The Hall–Kier alpha value is -2.70. The molecule has 0 saturated carbocycles. The summed E-state index contributed by atoms with van der Waals surface area (Å²) in [6, 6.07) is 10.5. The normalized spacial score (nSPS) is 13.1. The first-order chi connectivity index (χ1) is 14.0. The summed E-state index contributed by atoms with van der Waals surface area (Å²) in [5, 5.41) is 3.92. The van der Waals surface area contributed by atoms with Crippen molar-refractivity contribution in [2.24, 2.45) is 0 Å². The average Bonchev–Trinajstić information content (AvgIpc) is 2.60. The van der Waals surface area contributed by atoms with Gasteiger partial charge in [0.1, 0.15) is 11.6 Å². The molecule has 1 aromatic carbocycles. The first-order valence-electron chi connectivity index (χ1n) is 9.29. The van der Waals surface area contributed by atoms with Crippen molar-refractivity contribution in [1.29, 1.82) is 0 Å². The molecule has 0 aliphatic carbocycles. The van der Waals surface area contributed by atoms with Crippen molar-refractivity contribution in [3.05, 3.63) is 69.5 Å². The van der Waals surface area contributed by atoms with E-state index in [-0.39, 0.29) is 12.2 Å². The molecular formula is C21H19Cl2N5O. The molecule has 1 aliphatic rings. The molecule has 29 heavy (non-hydrogen) atoms. The van der Waals surface area contributed by atoms with E-state index in [1.807, 2.05) is 19.1 Å². The number of benzene rings is 1. The second-order valence-electron chi connectivity index (χ2n) is 6.91. The zero-order chi connectivity index (χ0) is 20.4. The number of hydrogen-bond acceptors (Lipinski definition) is 6. The van der Waals surface area contributed by atoms with E-state index in [0.717, 1.165) is 36.7 Å². The molecule has 0 amide bonds. The molecule has 148 valence electrons. The standard InChI is InChI=1S/C21H19Cl2N5O/c1-13-10-19(27-21(25-13)28-8-3-9-28)26-18-12-14(6-7-24-18)11-17(29)20-15(22)4-2-5-16(20)23/h2,4-7,10,12H,3,8-9,11H2,1H3,(H,24,25,26,27). The zero-order valence-corrected chi connectivity index (χ0v) is 17.3. The van der Waals surface area contributed by atoms with Crippen molar-refractivity contribution in [2.45, 2.75) is 19.8 Å². The minimum Gasteiger partial charge on any atom is -0.341 e. The van der Waals surface area contributed by atoms with Gasteiger partial charge in [-0.15, -0.1) is 0 Å². The maximum absolute atomic E-state index is 12.7. The van der Waals surface area contributed by atoms with Gasteiger partial charge in [0.25, 0.3) is 0 Å². The Morgan fingerprint density at radius 3 is 2.55 bits per heavy atom. The molecule has 3 heterocycles. The van der Waals surface area contributed by atoms with Crippen LogP contribution in [-0.4, -0.2) is 33.8 Å². The summed E-state index contributed by atoms with van der Waals surface area (Å²) in [6.07, 6.45) is 2.99. The van der Waals surface area contributed by atoms with Crippen LogP contribution in [0.1, 0.15) is 28.0 Å². The third-order valence-corrected chi connectivity index (χ3v) is 5.30. The lowest BCUT2D eigenvalue weighted by Gasteiger charge is -2.31.